The van der Waals surface area contributed by atoms with Crippen LogP contribution in [0.15, 0.2) is 36.4 Å². The number of benzene rings is 2. The summed E-state index contributed by atoms with van der Waals surface area (Å²) in [6.07, 6.45) is 0.285. The van der Waals surface area contributed by atoms with Gasteiger partial charge in [-0.3, -0.25) is 4.79 Å². The maximum absolute atomic E-state index is 13.5. The number of allylic oxidation sites excluding steroid dienone is 1. The van der Waals surface area contributed by atoms with Gasteiger partial charge in [-0.1, -0.05) is 12.2 Å². The van der Waals surface area contributed by atoms with Crippen molar-refractivity contribution in [3.8, 4) is 28.7 Å². The van der Waals surface area contributed by atoms with E-state index in [2.05, 4.69) is 12.2 Å². The van der Waals surface area contributed by atoms with Crippen LogP contribution in [0.5, 0.6) is 28.7 Å². The fourth-order valence-corrected chi connectivity index (χ4v) is 7.92. The van der Waals surface area contributed by atoms with Crippen molar-refractivity contribution in [1.29, 1.82) is 0 Å². The monoisotopic (exact) mass is 654 g/mol. The lowest BCUT2D eigenvalue weighted by molar-refractivity contribution is -0.371. The number of aliphatic hydroxyl groups is 2. The maximum Gasteiger partial charge on any atom is 0.310 e. The van der Waals surface area contributed by atoms with Gasteiger partial charge in [0.25, 0.3) is 0 Å². The number of esters is 1. The topological polar surface area (TPSA) is 161 Å². The van der Waals surface area contributed by atoms with Crippen molar-refractivity contribution in [1.82, 2.24) is 0 Å². The molecule has 8 rings (SSSR count). The molecule has 6 aliphatic rings. The van der Waals surface area contributed by atoms with Crippen LogP contribution >= 0.6 is 0 Å². The van der Waals surface area contributed by atoms with Crippen LogP contribution in [0.3, 0.4) is 0 Å². The maximum atomic E-state index is 13.5. The van der Waals surface area contributed by atoms with E-state index in [-0.39, 0.29) is 43.2 Å². The Morgan fingerprint density at radius 3 is 2.34 bits per heavy atom. The van der Waals surface area contributed by atoms with Crippen LogP contribution in [0.4, 0.5) is 0 Å². The molecule has 0 bridgehead atoms. The van der Waals surface area contributed by atoms with Gasteiger partial charge >= 0.3 is 5.97 Å². The molecule has 2 aromatic carbocycles. The number of ether oxygens (including phenoxy) is 9. The van der Waals surface area contributed by atoms with E-state index in [9.17, 15) is 20.1 Å². The molecule has 0 amide bonds. The molecule has 0 saturated carbocycles. The molecule has 2 aliphatic carbocycles. The number of methoxy groups -OCH3 is 2. The minimum atomic E-state index is -1.45. The standard InChI is InChI=1S/C34H38O13/c1-39-22-8-16(9-23(40-2)27(22)35)25-17-10-20-21(44-14-43-20)11-18(17)30(19-12-41-32(38)26(19)25)46-34-29(37)28(36)31-24(45-34)13-42-33(47-31)15-6-4-3-5-7-15/h4,6,8-11,15,19,24-26,28-31,33-37H,3,5,7,12-14H2,1-2H3/t15?,19-,24?,25+,26-,28?,29?,30+,31?,33?,34?/m0/s1. The van der Waals surface area contributed by atoms with Crippen molar-refractivity contribution in [3.63, 3.8) is 0 Å². The number of carbonyl (C=O) groups excluding carboxylic acids is 1. The summed E-state index contributed by atoms with van der Waals surface area (Å²) in [5.74, 6) is -0.964. The van der Waals surface area contributed by atoms with Crippen LogP contribution in [0.25, 0.3) is 0 Å². The molecular formula is C34H38O13. The summed E-state index contributed by atoms with van der Waals surface area (Å²) >= 11 is 0. The van der Waals surface area contributed by atoms with E-state index >= 15 is 0 Å². The molecule has 13 heteroatoms. The number of aliphatic hydroxyl groups excluding tert-OH is 2. The third kappa shape index (κ3) is 5.11. The number of hydrogen-bond acceptors (Lipinski definition) is 13. The lowest BCUT2D eigenvalue weighted by Gasteiger charge is -2.48. The largest absolute Gasteiger partial charge is 0.502 e. The van der Waals surface area contributed by atoms with E-state index in [0.29, 0.717) is 28.2 Å². The van der Waals surface area contributed by atoms with Gasteiger partial charge in [-0.05, 0) is 60.2 Å². The van der Waals surface area contributed by atoms with Gasteiger partial charge in [-0.25, -0.2) is 0 Å². The molecule has 0 spiro atoms. The minimum Gasteiger partial charge on any atom is -0.502 e. The van der Waals surface area contributed by atoms with Gasteiger partial charge in [-0.2, -0.15) is 0 Å². The van der Waals surface area contributed by atoms with Crippen LogP contribution in [-0.4, -0.2) is 92.5 Å². The van der Waals surface area contributed by atoms with E-state index in [1.165, 1.54) is 14.2 Å². The predicted octanol–water partition coefficient (Wildman–Crippen LogP) is 2.68. The molecule has 11 atom stereocenters. The molecule has 3 saturated heterocycles. The number of phenolic OH excluding ortho intramolecular Hbond substituents is 1. The van der Waals surface area contributed by atoms with Crippen molar-refractivity contribution in [2.24, 2.45) is 17.8 Å². The Bertz CT molecular complexity index is 1530. The molecule has 2 aromatic rings. The highest BCUT2D eigenvalue weighted by Gasteiger charge is 2.56. The van der Waals surface area contributed by atoms with Crippen LogP contribution in [-0.2, 0) is 28.5 Å². The number of fused-ring (bicyclic) bond motifs is 4. The first-order valence-corrected chi connectivity index (χ1v) is 16.0. The van der Waals surface area contributed by atoms with Gasteiger partial charge in [0.15, 0.2) is 35.6 Å². The Morgan fingerprint density at radius 2 is 1.64 bits per heavy atom. The van der Waals surface area contributed by atoms with Crippen LogP contribution < -0.4 is 18.9 Å². The molecule has 3 fully saturated rings. The van der Waals surface area contributed by atoms with Crippen molar-refractivity contribution in [2.45, 2.75) is 68.3 Å². The second-order valence-electron chi connectivity index (χ2n) is 12.8. The van der Waals surface area contributed by atoms with Gasteiger partial charge in [0.05, 0.1) is 39.5 Å². The Balaban J connectivity index is 1.14. The molecular weight excluding hydrogens is 616 g/mol. The number of aromatic hydroxyl groups is 1. The van der Waals surface area contributed by atoms with Gasteiger partial charge in [-0.15, -0.1) is 0 Å². The summed E-state index contributed by atoms with van der Waals surface area (Å²) in [4.78, 5) is 13.5. The van der Waals surface area contributed by atoms with E-state index < -0.39 is 66.8 Å². The Hall–Kier alpha value is -3.59. The number of carbonyl (C=O) groups is 1. The molecule has 0 aromatic heterocycles. The van der Waals surface area contributed by atoms with E-state index in [1.54, 1.807) is 12.1 Å². The molecule has 7 unspecified atom stereocenters. The van der Waals surface area contributed by atoms with E-state index in [0.717, 1.165) is 19.3 Å². The molecule has 4 heterocycles. The fraction of sp³-hybridized carbons (Fsp3) is 0.559. The van der Waals surface area contributed by atoms with Gasteiger partial charge in [0.2, 0.25) is 12.5 Å². The third-order valence-corrected chi connectivity index (χ3v) is 10.3. The zero-order chi connectivity index (χ0) is 32.4. The third-order valence-electron chi connectivity index (χ3n) is 10.3. The first-order chi connectivity index (χ1) is 22.9. The molecule has 0 radical (unpaired) electrons. The fourth-order valence-electron chi connectivity index (χ4n) is 7.92. The Kier molecular flexibility index (Phi) is 7.93. The summed E-state index contributed by atoms with van der Waals surface area (Å²) in [5.41, 5.74) is 2.03. The summed E-state index contributed by atoms with van der Waals surface area (Å²) < 4.78 is 53.0. The first kappa shape index (κ1) is 30.7. The number of cyclic esters (lactones) is 1. The average molecular weight is 655 g/mol. The van der Waals surface area contributed by atoms with E-state index in [1.807, 2.05) is 12.1 Å². The predicted molar refractivity (Wildman–Crippen MR) is 159 cm³/mol. The van der Waals surface area contributed by atoms with Crippen LogP contribution in [0, 0.1) is 17.8 Å². The van der Waals surface area contributed by atoms with Gasteiger partial charge < -0.3 is 58.0 Å². The quantitative estimate of drug-likeness (QED) is 0.308. The number of rotatable bonds is 6. The molecule has 3 N–H and O–H groups in total. The van der Waals surface area contributed by atoms with E-state index in [4.69, 9.17) is 42.6 Å². The summed E-state index contributed by atoms with van der Waals surface area (Å²) in [6, 6.07) is 6.97. The highest BCUT2D eigenvalue weighted by Crippen LogP contribution is 2.57. The van der Waals surface area contributed by atoms with Crippen LogP contribution in [0.1, 0.15) is 48.0 Å². The van der Waals surface area contributed by atoms with Crippen LogP contribution in [0.2, 0.25) is 0 Å². The van der Waals surface area contributed by atoms with Gasteiger partial charge in [0.1, 0.15) is 24.4 Å². The zero-order valence-corrected chi connectivity index (χ0v) is 26.0. The van der Waals surface area contributed by atoms with Crippen molar-refractivity contribution in [3.05, 3.63) is 53.1 Å². The second kappa shape index (κ2) is 12.1. The SMILES string of the molecule is COc1cc([C@@H]2c3cc4c(cc3[C@@H](OC3OC5COC(C6C=CCCC6)OC5C(O)C3O)[C@H]3COC(=O)[C@H]23)OCO4)cc(OC)c1O. The minimum absolute atomic E-state index is 0.0293. The highest BCUT2D eigenvalue weighted by atomic mass is 16.8. The lowest BCUT2D eigenvalue weighted by Crippen LogP contribution is -2.64. The first-order valence-electron chi connectivity index (χ1n) is 16.0. The summed E-state index contributed by atoms with van der Waals surface area (Å²) in [6.45, 7) is 0.232. The number of phenols is 1. The summed E-state index contributed by atoms with van der Waals surface area (Å²) in [5, 5.41) is 33.3. The second-order valence-corrected chi connectivity index (χ2v) is 12.8. The van der Waals surface area contributed by atoms with Crippen molar-refractivity contribution >= 4 is 5.97 Å². The number of hydrogen-bond donors (Lipinski definition) is 3. The smallest absolute Gasteiger partial charge is 0.310 e. The molecule has 252 valence electrons. The van der Waals surface area contributed by atoms with Crippen molar-refractivity contribution in [2.75, 3.05) is 34.2 Å². The van der Waals surface area contributed by atoms with Gasteiger partial charge in [0, 0.05) is 17.8 Å². The molecule has 4 aliphatic heterocycles. The zero-order valence-electron chi connectivity index (χ0n) is 26.0. The summed E-state index contributed by atoms with van der Waals surface area (Å²) in [7, 11) is 2.87. The molecule has 13 nitrogen and oxygen atoms in total. The average Bonchev–Trinajstić information content (AvgIpc) is 3.72. The molecule has 47 heavy (non-hydrogen) atoms. The Morgan fingerprint density at radius 1 is 0.894 bits per heavy atom. The highest BCUT2D eigenvalue weighted by molar-refractivity contribution is 5.79. The Labute approximate surface area is 270 Å². The lowest BCUT2D eigenvalue weighted by atomic mass is 9.66. The van der Waals surface area contributed by atoms with Crippen molar-refractivity contribution < 1.29 is 62.7 Å². The normalized spacial score (nSPS) is 37.0.